The molecule has 0 spiro atoms. The van der Waals surface area contributed by atoms with Gasteiger partial charge >= 0.3 is 0 Å². The van der Waals surface area contributed by atoms with Crippen molar-refractivity contribution in [3.63, 3.8) is 0 Å². The van der Waals surface area contributed by atoms with Crippen LogP contribution in [0.4, 0.5) is 0 Å². The van der Waals surface area contributed by atoms with E-state index in [2.05, 4.69) is 15.6 Å². The second-order valence-electron chi connectivity index (χ2n) is 5.28. The van der Waals surface area contributed by atoms with Crippen LogP contribution in [0.1, 0.15) is 11.3 Å². The van der Waals surface area contributed by atoms with Gasteiger partial charge in [-0.3, -0.25) is 4.99 Å². The molecule has 1 aromatic heterocycles. The maximum absolute atomic E-state index is 5.90. The number of methoxy groups -OCH3 is 1. The van der Waals surface area contributed by atoms with E-state index in [0.717, 1.165) is 42.7 Å². The van der Waals surface area contributed by atoms with Gasteiger partial charge < -0.3 is 19.8 Å². The van der Waals surface area contributed by atoms with Gasteiger partial charge in [0.15, 0.2) is 5.96 Å². The van der Waals surface area contributed by atoms with E-state index in [1.54, 1.807) is 13.4 Å². The Kier molecular flexibility index (Phi) is 11.3. The maximum atomic E-state index is 5.90. The molecule has 2 aromatic rings. The van der Waals surface area contributed by atoms with Crippen molar-refractivity contribution >= 4 is 41.5 Å². The lowest BCUT2D eigenvalue weighted by Crippen LogP contribution is -2.39. The molecule has 7 heteroatoms. The average Bonchev–Trinajstić information content (AvgIpc) is 3.10. The van der Waals surface area contributed by atoms with Crippen LogP contribution < -0.4 is 10.6 Å². The van der Waals surface area contributed by atoms with Crippen molar-refractivity contribution in [2.45, 2.75) is 12.8 Å². The molecular formula is C18H25ClIN3O2. The Morgan fingerprint density at radius 1 is 1.12 bits per heavy atom. The standard InChI is InChI=1S/C18H24ClN3O2.HI/c1-23-14-12-22-18(21-11-9-17-3-2-13-24-17)20-10-8-15-4-6-16(19)7-5-15;/h2-7,13H,8-12,14H2,1H3,(H2,20,21,22);1H. The van der Waals surface area contributed by atoms with Gasteiger partial charge in [0.05, 0.1) is 19.4 Å². The Hall–Kier alpha value is -1.25. The highest BCUT2D eigenvalue weighted by molar-refractivity contribution is 14.0. The normalized spacial score (nSPS) is 11.0. The number of nitrogens with zero attached hydrogens (tertiary/aromatic N) is 1. The van der Waals surface area contributed by atoms with Crippen LogP contribution in [0.15, 0.2) is 52.1 Å². The van der Waals surface area contributed by atoms with E-state index < -0.39 is 0 Å². The summed E-state index contributed by atoms with van der Waals surface area (Å²) in [6, 6.07) is 11.8. The molecule has 0 aliphatic rings. The van der Waals surface area contributed by atoms with Crippen LogP contribution in [0.5, 0.6) is 0 Å². The van der Waals surface area contributed by atoms with Crippen molar-refractivity contribution in [1.29, 1.82) is 0 Å². The minimum Gasteiger partial charge on any atom is -0.469 e. The highest BCUT2D eigenvalue weighted by Gasteiger charge is 2.01. The van der Waals surface area contributed by atoms with Gasteiger partial charge in [-0.1, -0.05) is 23.7 Å². The fraction of sp³-hybridized carbons (Fsp3) is 0.389. The van der Waals surface area contributed by atoms with Crippen molar-refractivity contribution in [1.82, 2.24) is 10.6 Å². The summed E-state index contributed by atoms with van der Waals surface area (Å²) in [5.74, 6) is 1.74. The Labute approximate surface area is 171 Å². The summed E-state index contributed by atoms with van der Waals surface area (Å²) < 4.78 is 10.4. The summed E-state index contributed by atoms with van der Waals surface area (Å²) >= 11 is 5.90. The third kappa shape index (κ3) is 9.13. The lowest BCUT2D eigenvalue weighted by atomic mass is 10.1. The van der Waals surface area contributed by atoms with Gasteiger partial charge in [0.25, 0.3) is 0 Å². The zero-order chi connectivity index (χ0) is 17.0. The molecule has 1 aromatic carbocycles. The van der Waals surface area contributed by atoms with Gasteiger partial charge in [0, 0.05) is 31.6 Å². The number of halogens is 2. The first-order valence-electron chi connectivity index (χ1n) is 8.06. The molecule has 0 saturated heterocycles. The maximum Gasteiger partial charge on any atom is 0.191 e. The minimum atomic E-state index is 0. The molecule has 0 aliphatic heterocycles. The number of guanidine groups is 1. The van der Waals surface area contributed by atoms with E-state index in [9.17, 15) is 0 Å². The van der Waals surface area contributed by atoms with Crippen LogP contribution in [-0.2, 0) is 17.6 Å². The van der Waals surface area contributed by atoms with Gasteiger partial charge in [-0.05, 0) is 36.2 Å². The van der Waals surface area contributed by atoms with Gasteiger partial charge in [0.1, 0.15) is 5.76 Å². The third-order valence-corrected chi connectivity index (χ3v) is 3.68. The monoisotopic (exact) mass is 477 g/mol. The van der Waals surface area contributed by atoms with E-state index in [0.29, 0.717) is 13.2 Å². The SMILES string of the molecule is COCCN=C(NCCc1ccc(Cl)cc1)NCCc1ccco1.I. The predicted octanol–water partition coefficient (Wildman–Crippen LogP) is 3.52. The molecule has 0 fully saturated rings. The van der Waals surface area contributed by atoms with Crippen LogP contribution in [0.2, 0.25) is 5.02 Å². The summed E-state index contributed by atoms with van der Waals surface area (Å²) in [6.45, 7) is 2.77. The number of benzene rings is 1. The second kappa shape index (κ2) is 13.0. The Balaban J connectivity index is 0.00000312. The molecule has 0 unspecified atom stereocenters. The van der Waals surface area contributed by atoms with E-state index in [4.69, 9.17) is 20.8 Å². The molecular weight excluding hydrogens is 453 g/mol. The predicted molar refractivity (Wildman–Crippen MR) is 113 cm³/mol. The van der Waals surface area contributed by atoms with Crippen molar-refractivity contribution < 1.29 is 9.15 Å². The van der Waals surface area contributed by atoms with Gasteiger partial charge in [0.2, 0.25) is 0 Å². The van der Waals surface area contributed by atoms with Crippen molar-refractivity contribution in [2.24, 2.45) is 4.99 Å². The number of ether oxygens (including phenoxy) is 1. The van der Waals surface area contributed by atoms with Crippen molar-refractivity contribution in [3.8, 4) is 0 Å². The number of furan rings is 1. The first-order valence-corrected chi connectivity index (χ1v) is 8.43. The number of aliphatic imine (C=N–C) groups is 1. The van der Waals surface area contributed by atoms with Crippen molar-refractivity contribution in [2.75, 3.05) is 33.4 Å². The number of nitrogens with one attached hydrogen (secondary N) is 2. The van der Waals surface area contributed by atoms with Gasteiger partial charge in [-0.2, -0.15) is 0 Å². The zero-order valence-electron chi connectivity index (χ0n) is 14.3. The number of rotatable bonds is 9. The van der Waals surface area contributed by atoms with E-state index in [-0.39, 0.29) is 24.0 Å². The van der Waals surface area contributed by atoms with Crippen LogP contribution in [0, 0.1) is 0 Å². The van der Waals surface area contributed by atoms with Gasteiger partial charge in [-0.15, -0.1) is 24.0 Å². The lowest BCUT2D eigenvalue weighted by molar-refractivity contribution is 0.208. The lowest BCUT2D eigenvalue weighted by Gasteiger charge is -2.12. The molecule has 5 nitrogen and oxygen atoms in total. The molecule has 0 radical (unpaired) electrons. The molecule has 2 rings (SSSR count). The average molecular weight is 478 g/mol. The number of hydrogen-bond donors (Lipinski definition) is 2. The highest BCUT2D eigenvalue weighted by atomic mass is 127. The Bertz CT molecular complexity index is 603. The Morgan fingerprint density at radius 3 is 2.48 bits per heavy atom. The Morgan fingerprint density at radius 2 is 1.84 bits per heavy atom. The van der Waals surface area contributed by atoms with Crippen LogP contribution in [-0.4, -0.2) is 39.3 Å². The van der Waals surface area contributed by atoms with Crippen molar-refractivity contribution in [3.05, 3.63) is 59.0 Å². The molecule has 0 bridgehead atoms. The highest BCUT2D eigenvalue weighted by Crippen LogP contribution is 2.09. The first kappa shape index (κ1) is 21.8. The van der Waals surface area contributed by atoms with E-state index in [1.807, 2.05) is 36.4 Å². The summed E-state index contributed by atoms with van der Waals surface area (Å²) in [5.41, 5.74) is 1.23. The topological polar surface area (TPSA) is 58.8 Å². The van der Waals surface area contributed by atoms with Crippen LogP contribution in [0.25, 0.3) is 0 Å². The third-order valence-electron chi connectivity index (χ3n) is 3.43. The molecule has 2 N–H and O–H groups in total. The molecule has 0 saturated carbocycles. The van der Waals surface area contributed by atoms with E-state index >= 15 is 0 Å². The van der Waals surface area contributed by atoms with Crippen LogP contribution in [0.3, 0.4) is 0 Å². The quantitative estimate of drug-likeness (QED) is 0.251. The summed E-state index contributed by atoms with van der Waals surface area (Å²) in [4.78, 5) is 4.50. The number of hydrogen-bond acceptors (Lipinski definition) is 3. The zero-order valence-corrected chi connectivity index (χ0v) is 17.4. The summed E-state index contributed by atoms with van der Waals surface area (Å²) in [6.07, 6.45) is 3.41. The molecule has 138 valence electrons. The summed E-state index contributed by atoms with van der Waals surface area (Å²) in [5, 5.41) is 7.41. The largest absolute Gasteiger partial charge is 0.469 e. The second-order valence-corrected chi connectivity index (χ2v) is 5.72. The molecule has 0 amide bonds. The molecule has 0 atom stereocenters. The van der Waals surface area contributed by atoms with E-state index in [1.165, 1.54) is 5.56 Å². The molecule has 1 heterocycles. The fourth-order valence-corrected chi connectivity index (χ4v) is 2.28. The smallest absolute Gasteiger partial charge is 0.191 e. The molecule has 25 heavy (non-hydrogen) atoms. The van der Waals surface area contributed by atoms with Crippen LogP contribution >= 0.6 is 35.6 Å². The minimum absolute atomic E-state index is 0. The molecule has 0 aliphatic carbocycles. The summed E-state index contributed by atoms with van der Waals surface area (Å²) in [7, 11) is 1.67. The first-order chi connectivity index (χ1) is 11.8. The fourth-order valence-electron chi connectivity index (χ4n) is 2.16. The van der Waals surface area contributed by atoms with Gasteiger partial charge in [-0.25, -0.2) is 0 Å².